The number of para-hydroxylation sites is 2. The van der Waals surface area contributed by atoms with Crippen molar-refractivity contribution in [3.8, 4) is 5.75 Å². The Morgan fingerprint density at radius 3 is 1.93 bits per heavy atom. The SMILES string of the molecule is C[n+]1c2ccccc2c(C(=O)Oc2ccc([N+](=O)[O-])cc2)c2ccccc21. The topological polar surface area (TPSA) is 73.3 Å². The van der Waals surface area contributed by atoms with Gasteiger partial charge in [-0.2, -0.15) is 4.57 Å². The van der Waals surface area contributed by atoms with E-state index in [9.17, 15) is 14.9 Å². The highest BCUT2D eigenvalue weighted by atomic mass is 16.6. The summed E-state index contributed by atoms with van der Waals surface area (Å²) in [7, 11) is 1.95. The van der Waals surface area contributed by atoms with Crippen molar-refractivity contribution < 1.29 is 19.0 Å². The van der Waals surface area contributed by atoms with Crippen molar-refractivity contribution in [2.45, 2.75) is 0 Å². The molecular formula is C21H15N2O4+. The molecule has 0 saturated carbocycles. The third-order valence-corrected chi connectivity index (χ3v) is 4.53. The second kappa shape index (κ2) is 6.49. The Balaban J connectivity index is 1.85. The number of nitro benzene ring substituents is 1. The molecule has 0 spiro atoms. The highest BCUT2D eigenvalue weighted by Crippen LogP contribution is 2.26. The summed E-state index contributed by atoms with van der Waals surface area (Å²) in [6, 6.07) is 20.7. The molecule has 1 aromatic heterocycles. The van der Waals surface area contributed by atoms with Crippen molar-refractivity contribution >= 4 is 33.5 Å². The summed E-state index contributed by atoms with van der Waals surface area (Å²) < 4.78 is 7.56. The average Bonchev–Trinajstić information content (AvgIpc) is 2.69. The van der Waals surface area contributed by atoms with Crippen LogP contribution in [-0.2, 0) is 7.05 Å². The van der Waals surface area contributed by atoms with Crippen molar-refractivity contribution in [2.75, 3.05) is 0 Å². The van der Waals surface area contributed by atoms with Gasteiger partial charge >= 0.3 is 5.97 Å². The minimum Gasteiger partial charge on any atom is -0.423 e. The average molecular weight is 359 g/mol. The number of carbonyl (C=O) groups is 1. The van der Waals surface area contributed by atoms with Gasteiger partial charge in [0.25, 0.3) is 5.69 Å². The predicted octanol–water partition coefficient (Wildman–Crippen LogP) is 3.94. The predicted molar refractivity (Wildman–Crippen MR) is 101 cm³/mol. The monoisotopic (exact) mass is 359 g/mol. The fourth-order valence-electron chi connectivity index (χ4n) is 3.24. The number of aromatic nitrogens is 1. The van der Waals surface area contributed by atoms with Gasteiger partial charge in [0.2, 0.25) is 11.0 Å². The quantitative estimate of drug-likeness (QED) is 0.139. The number of esters is 1. The molecule has 27 heavy (non-hydrogen) atoms. The lowest BCUT2D eigenvalue weighted by molar-refractivity contribution is -0.617. The van der Waals surface area contributed by atoms with Crippen LogP contribution < -0.4 is 9.30 Å². The number of ether oxygens (including phenoxy) is 1. The first-order valence-corrected chi connectivity index (χ1v) is 8.32. The Morgan fingerprint density at radius 1 is 0.889 bits per heavy atom. The first kappa shape index (κ1) is 16.7. The minimum absolute atomic E-state index is 0.0579. The van der Waals surface area contributed by atoms with Gasteiger partial charge in [0.15, 0.2) is 0 Å². The number of aryl methyl sites for hydroxylation is 1. The van der Waals surface area contributed by atoms with Crippen molar-refractivity contribution in [1.29, 1.82) is 0 Å². The number of rotatable bonds is 3. The molecule has 132 valence electrons. The van der Waals surface area contributed by atoms with Crippen LogP contribution in [-0.4, -0.2) is 10.9 Å². The van der Waals surface area contributed by atoms with E-state index in [1.54, 1.807) is 0 Å². The Kier molecular flexibility index (Phi) is 4.01. The highest BCUT2D eigenvalue weighted by Gasteiger charge is 2.23. The number of non-ortho nitro benzene ring substituents is 1. The standard InChI is InChI=1S/C21H15N2O4/c1-22-18-8-4-2-6-16(18)20(17-7-3-5-9-19(17)22)21(24)27-15-12-10-14(11-13-15)23(25)26/h2-13H,1H3/q+1. The van der Waals surface area contributed by atoms with E-state index in [2.05, 4.69) is 0 Å². The molecule has 0 amide bonds. The van der Waals surface area contributed by atoms with Crippen molar-refractivity contribution in [2.24, 2.45) is 7.05 Å². The largest absolute Gasteiger partial charge is 0.423 e. The van der Waals surface area contributed by atoms with E-state index < -0.39 is 10.9 Å². The minimum atomic E-state index is -0.503. The number of nitro groups is 1. The van der Waals surface area contributed by atoms with Crippen LogP contribution in [0.4, 0.5) is 5.69 Å². The molecule has 0 atom stereocenters. The van der Waals surface area contributed by atoms with E-state index in [0.717, 1.165) is 21.8 Å². The van der Waals surface area contributed by atoms with E-state index in [-0.39, 0.29) is 11.4 Å². The van der Waals surface area contributed by atoms with Gasteiger partial charge in [-0.05, 0) is 24.3 Å². The number of carbonyl (C=O) groups excluding carboxylic acids is 1. The summed E-state index contributed by atoms with van der Waals surface area (Å²) in [4.78, 5) is 23.3. The Morgan fingerprint density at radius 2 is 1.41 bits per heavy atom. The zero-order valence-corrected chi connectivity index (χ0v) is 14.5. The molecule has 0 unspecified atom stereocenters. The number of hydrogen-bond donors (Lipinski definition) is 0. The Bertz CT molecular complexity index is 1140. The summed E-state index contributed by atoms with van der Waals surface area (Å²) in [5, 5.41) is 12.3. The number of benzene rings is 3. The van der Waals surface area contributed by atoms with Crippen LogP contribution in [0.1, 0.15) is 10.4 Å². The normalized spacial score (nSPS) is 10.9. The molecule has 4 aromatic rings. The van der Waals surface area contributed by atoms with Gasteiger partial charge in [-0.3, -0.25) is 10.1 Å². The number of hydrogen-bond acceptors (Lipinski definition) is 4. The molecular weight excluding hydrogens is 344 g/mol. The first-order valence-electron chi connectivity index (χ1n) is 8.32. The fraction of sp³-hybridized carbons (Fsp3) is 0.0476. The Hall–Kier alpha value is -3.80. The summed E-state index contributed by atoms with van der Waals surface area (Å²) in [5.41, 5.74) is 2.23. The smallest absolute Gasteiger partial charge is 0.345 e. The number of nitrogens with zero attached hydrogens (tertiary/aromatic N) is 2. The van der Waals surface area contributed by atoms with E-state index in [4.69, 9.17) is 4.74 Å². The van der Waals surface area contributed by atoms with Gasteiger partial charge in [-0.25, -0.2) is 4.79 Å². The molecule has 0 N–H and O–H groups in total. The summed E-state index contributed by atoms with van der Waals surface area (Å²) in [6.45, 7) is 0. The van der Waals surface area contributed by atoms with Gasteiger partial charge in [-0.1, -0.05) is 24.3 Å². The van der Waals surface area contributed by atoms with Crippen molar-refractivity contribution in [3.05, 3.63) is 88.5 Å². The van der Waals surface area contributed by atoms with Crippen LogP contribution >= 0.6 is 0 Å². The lowest BCUT2D eigenvalue weighted by Gasteiger charge is -2.10. The molecule has 0 radical (unpaired) electrons. The molecule has 6 nitrogen and oxygen atoms in total. The molecule has 1 heterocycles. The van der Waals surface area contributed by atoms with Crippen LogP contribution in [0.25, 0.3) is 21.8 Å². The van der Waals surface area contributed by atoms with Crippen LogP contribution in [0.2, 0.25) is 0 Å². The zero-order valence-electron chi connectivity index (χ0n) is 14.5. The first-order chi connectivity index (χ1) is 13.1. The summed E-state index contributed by atoms with van der Waals surface area (Å²) in [5.74, 6) is -0.246. The zero-order chi connectivity index (χ0) is 19.0. The second-order valence-corrected chi connectivity index (χ2v) is 6.11. The fourth-order valence-corrected chi connectivity index (χ4v) is 3.24. The molecule has 0 aliphatic rings. The molecule has 0 saturated heterocycles. The second-order valence-electron chi connectivity index (χ2n) is 6.11. The van der Waals surface area contributed by atoms with E-state index in [1.807, 2.05) is 60.1 Å². The van der Waals surface area contributed by atoms with E-state index in [1.165, 1.54) is 24.3 Å². The lowest BCUT2D eigenvalue weighted by atomic mass is 10.0. The van der Waals surface area contributed by atoms with Crippen LogP contribution in [0.15, 0.2) is 72.8 Å². The van der Waals surface area contributed by atoms with Crippen LogP contribution in [0.3, 0.4) is 0 Å². The lowest BCUT2D eigenvalue weighted by Crippen LogP contribution is -2.31. The number of fused-ring (bicyclic) bond motifs is 2. The molecule has 0 aliphatic carbocycles. The van der Waals surface area contributed by atoms with Gasteiger partial charge < -0.3 is 4.74 Å². The van der Waals surface area contributed by atoms with Gasteiger partial charge in [0, 0.05) is 24.3 Å². The highest BCUT2D eigenvalue weighted by molar-refractivity contribution is 6.13. The number of pyridine rings is 1. The Labute approximate surface area is 154 Å². The maximum absolute atomic E-state index is 13.0. The van der Waals surface area contributed by atoms with Crippen molar-refractivity contribution in [1.82, 2.24) is 0 Å². The molecule has 6 heteroatoms. The molecule has 0 fully saturated rings. The van der Waals surface area contributed by atoms with E-state index >= 15 is 0 Å². The van der Waals surface area contributed by atoms with Crippen molar-refractivity contribution in [3.63, 3.8) is 0 Å². The molecule has 3 aromatic carbocycles. The van der Waals surface area contributed by atoms with Crippen LogP contribution in [0, 0.1) is 10.1 Å². The third-order valence-electron chi connectivity index (χ3n) is 4.53. The summed E-state index contributed by atoms with van der Waals surface area (Å²) in [6.07, 6.45) is 0. The van der Waals surface area contributed by atoms with Gasteiger partial charge in [0.1, 0.15) is 12.8 Å². The molecule has 0 aliphatic heterocycles. The maximum Gasteiger partial charge on any atom is 0.345 e. The maximum atomic E-state index is 13.0. The van der Waals surface area contributed by atoms with Gasteiger partial charge in [0.05, 0.1) is 21.3 Å². The third kappa shape index (κ3) is 2.87. The molecule has 4 rings (SSSR count). The summed E-state index contributed by atoms with van der Waals surface area (Å²) >= 11 is 0. The molecule has 0 bridgehead atoms. The van der Waals surface area contributed by atoms with E-state index in [0.29, 0.717) is 5.56 Å². The van der Waals surface area contributed by atoms with Gasteiger partial charge in [-0.15, -0.1) is 0 Å². The van der Waals surface area contributed by atoms with Crippen LogP contribution in [0.5, 0.6) is 5.75 Å².